The largest absolute Gasteiger partial charge is 0.480 e. The predicted molar refractivity (Wildman–Crippen MR) is 46.7 cm³/mol. The first-order valence-electron chi connectivity index (χ1n) is 4.04. The van der Waals surface area contributed by atoms with Gasteiger partial charge in [0.15, 0.2) is 0 Å². The zero-order valence-electron chi connectivity index (χ0n) is 6.93. The van der Waals surface area contributed by atoms with Crippen molar-refractivity contribution in [3.8, 4) is 0 Å². The minimum atomic E-state index is -0.872. The molecule has 0 radical (unpaired) electrons. The molecule has 0 bridgehead atoms. The summed E-state index contributed by atoms with van der Waals surface area (Å²) in [6, 6.07) is 0. The Labute approximate surface area is 79.1 Å². The molecule has 2 heterocycles. The van der Waals surface area contributed by atoms with Crippen molar-refractivity contribution in [1.82, 2.24) is 15.0 Å². The maximum Gasteiger partial charge on any atom is 0.325 e. The normalized spacial score (nSPS) is 15.4. The number of rotatable bonds is 2. The lowest BCUT2D eigenvalue weighted by atomic mass is 10.2. The molecule has 0 atom stereocenters. The molecule has 1 aromatic heterocycles. The first kappa shape index (κ1) is 8.55. The summed E-state index contributed by atoms with van der Waals surface area (Å²) in [5, 5.41) is 17.2. The monoisotopic (exact) mass is 199 g/mol. The van der Waals surface area contributed by atoms with Gasteiger partial charge in [0, 0.05) is 0 Å². The minimum absolute atomic E-state index is 0.0805. The molecular weight excluding hydrogens is 190 g/mol. The van der Waals surface area contributed by atoms with Crippen molar-refractivity contribution in [3.63, 3.8) is 0 Å². The number of carboxylic acid groups (broad SMARTS) is 1. The third-order valence-electron chi connectivity index (χ3n) is 1.88. The summed E-state index contributed by atoms with van der Waals surface area (Å²) in [5.41, 5.74) is 0.971. The van der Waals surface area contributed by atoms with Crippen LogP contribution in [0.1, 0.15) is 12.1 Å². The Morgan fingerprint density at radius 1 is 1.69 bits per heavy atom. The highest BCUT2D eigenvalue weighted by atomic mass is 32.2. The van der Waals surface area contributed by atoms with Crippen LogP contribution < -0.4 is 0 Å². The first-order valence-corrected chi connectivity index (χ1v) is 5.03. The highest BCUT2D eigenvalue weighted by molar-refractivity contribution is 7.99. The lowest BCUT2D eigenvalue weighted by molar-refractivity contribution is -0.138. The number of carbonyl (C=O) groups is 1. The molecule has 0 fully saturated rings. The van der Waals surface area contributed by atoms with Crippen LogP contribution in [0.5, 0.6) is 0 Å². The van der Waals surface area contributed by atoms with E-state index in [0.717, 1.165) is 29.3 Å². The molecule has 1 N–H and O–H groups in total. The quantitative estimate of drug-likeness (QED) is 0.746. The van der Waals surface area contributed by atoms with E-state index in [2.05, 4.69) is 10.3 Å². The van der Waals surface area contributed by atoms with Crippen LogP contribution in [0.25, 0.3) is 0 Å². The number of aromatic nitrogens is 3. The van der Waals surface area contributed by atoms with Crippen LogP contribution in [-0.2, 0) is 17.8 Å². The van der Waals surface area contributed by atoms with E-state index in [1.165, 1.54) is 4.68 Å². The molecule has 0 aliphatic carbocycles. The fourth-order valence-electron chi connectivity index (χ4n) is 1.33. The number of carboxylic acids is 1. The first-order chi connectivity index (χ1) is 6.27. The number of fused-ring (bicyclic) bond motifs is 1. The summed E-state index contributed by atoms with van der Waals surface area (Å²) < 4.78 is 1.48. The fourth-order valence-corrected chi connectivity index (χ4v) is 2.28. The average Bonchev–Trinajstić information content (AvgIpc) is 2.48. The lowest BCUT2D eigenvalue weighted by Crippen LogP contribution is -2.14. The van der Waals surface area contributed by atoms with Gasteiger partial charge in [-0.25, -0.2) is 4.68 Å². The van der Waals surface area contributed by atoms with E-state index >= 15 is 0 Å². The second-order valence-electron chi connectivity index (χ2n) is 2.84. The van der Waals surface area contributed by atoms with Gasteiger partial charge < -0.3 is 5.11 Å². The summed E-state index contributed by atoms with van der Waals surface area (Å²) >= 11 is 1.65. The van der Waals surface area contributed by atoms with Crippen LogP contribution in [0, 0.1) is 0 Å². The summed E-state index contributed by atoms with van der Waals surface area (Å²) in [5.74, 6) is 0.182. The molecule has 0 aromatic carbocycles. The molecule has 13 heavy (non-hydrogen) atoms. The third-order valence-corrected chi connectivity index (χ3v) is 2.97. The second-order valence-corrected chi connectivity index (χ2v) is 3.93. The zero-order chi connectivity index (χ0) is 9.26. The highest BCUT2D eigenvalue weighted by Crippen LogP contribution is 2.27. The minimum Gasteiger partial charge on any atom is -0.480 e. The zero-order valence-corrected chi connectivity index (χ0v) is 7.75. The summed E-state index contributed by atoms with van der Waals surface area (Å²) in [6.45, 7) is -0.0805. The third kappa shape index (κ3) is 1.67. The summed E-state index contributed by atoms with van der Waals surface area (Å²) in [7, 11) is 0. The van der Waals surface area contributed by atoms with Crippen molar-refractivity contribution in [2.24, 2.45) is 0 Å². The number of thioether (sulfide) groups is 1. The van der Waals surface area contributed by atoms with Gasteiger partial charge in [-0.05, 0) is 18.6 Å². The Kier molecular flexibility index (Phi) is 2.22. The van der Waals surface area contributed by atoms with Gasteiger partial charge >= 0.3 is 5.97 Å². The molecule has 1 aromatic rings. The van der Waals surface area contributed by atoms with Crippen LogP contribution in [0.15, 0.2) is 5.03 Å². The van der Waals surface area contributed by atoms with Gasteiger partial charge in [-0.15, -0.1) is 16.9 Å². The topological polar surface area (TPSA) is 68.0 Å². The predicted octanol–water partition coefficient (Wildman–Crippen LogP) is 0.401. The van der Waals surface area contributed by atoms with Gasteiger partial charge in [0.05, 0.1) is 5.69 Å². The molecule has 70 valence electrons. The molecule has 0 unspecified atom stereocenters. The van der Waals surface area contributed by atoms with Crippen molar-refractivity contribution >= 4 is 17.7 Å². The Balaban J connectivity index is 2.26. The molecule has 6 heteroatoms. The Hall–Kier alpha value is -1.04. The number of nitrogens with zero attached hydrogens (tertiary/aromatic N) is 3. The van der Waals surface area contributed by atoms with E-state index in [1.54, 1.807) is 11.8 Å². The highest BCUT2D eigenvalue weighted by Gasteiger charge is 2.18. The van der Waals surface area contributed by atoms with E-state index in [0.29, 0.717) is 0 Å². The summed E-state index contributed by atoms with van der Waals surface area (Å²) in [6.07, 6.45) is 1.97. The molecule has 0 saturated carbocycles. The van der Waals surface area contributed by atoms with E-state index in [-0.39, 0.29) is 6.54 Å². The second kappa shape index (κ2) is 3.37. The van der Waals surface area contributed by atoms with Crippen molar-refractivity contribution < 1.29 is 9.90 Å². The average molecular weight is 199 g/mol. The molecule has 0 saturated heterocycles. The molecular formula is C7H9N3O2S. The van der Waals surface area contributed by atoms with Gasteiger partial charge in [-0.3, -0.25) is 4.79 Å². The smallest absolute Gasteiger partial charge is 0.325 e. The Bertz CT molecular complexity index is 336. The van der Waals surface area contributed by atoms with E-state index in [9.17, 15) is 4.79 Å². The van der Waals surface area contributed by atoms with Crippen LogP contribution in [-0.4, -0.2) is 31.8 Å². The Morgan fingerprint density at radius 2 is 2.54 bits per heavy atom. The molecule has 2 rings (SSSR count). The van der Waals surface area contributed by atoms with Crippen molar-refractivity contribution in [2.75, 3.05) is 5.75 Å². The molecule has 0 amide bonds. The molecule has 1 aliphatic heterocycles. The van der Waals surface area contributed by atoms with Gasteiger partial charge in [-0.1, -0.05) is 5.21 Å². The van der Waals surface area contributed by atoms with Gasteiger partial charge in [0.2, 0.25) is 0 Å². The van der Waals surface area contributed by atoms with Crippen LogP contribution in [0.2, 0.25) is 0 Å². The summed E-state index contributed by atoms with van der Waals surface area (Å²) in [4.78, 5) is 10.5. The van der Waals surface area contributed by atoms with E-state index in [1.807, 2.05) is 0 Å². The van der Waals surface area contributed by atoms with Crippen LogP contribution in [0.4, 0.5) is 0 Å². The molecule has 1 aliphatic rings. The standard InChI is InChI=1S/C7H9N3O2S/c11-6(12)4-10-5-2-1-3-13-7(5)8-9-10/h1-4H2,(H,11,12). The van der Waals surface area contributed by atoms with Gasteiger partial charge in [-0.2, -0.15) is 0 Å². The van der Waals surface area contributed by atoms with Crippen molar-refractivity contribution in [2.45, 2.75) is 24.4 Å². The molecule has 0 spiro atoms. The van der Waals surface area contributed by atoms with Crippen molar-refractivity contribution in [3.05, 3.63) is 5.69 Å². The SMILES string of the molecule is O=C(O)Cn1nnc2c1CCCS2. The fraction of sp³-hybridized carbons (Fsp3) is 0.571. The number of aliphatic carboxylic acids is 1. The van der Waals surface area contributed by atoms with E-state index < -0.39 is 5.97 Å². The maximum atomic E-state index is 10.5. The van der Waals surface area contributed by atoms with Crippen LogP contribution >= 0.6 is 11.8 Å². The van der Waals surface area contributed by atoms with E-state index in [4.69, 9.17) is 5.11 Å². The van der Waals surface area contributed by atoms with Crippen LogP contribution in [0.3, 0.4) is 0 Å². The lowest BCUT2D eigenvalue weighted by Gasteiger charge is -2.09. The number of hydrogen-bond donors (Lipinski definition) is 1. The maximum absolute atomic E-state index is 10.5. The van der Waals surface area contributed by atoms with Gasteiger partial charge in [0.1, 0.15) is 11.6 Å². The van der Waals surface area contributed by atoms with Crippen molar-refractivity contribution in [1.29, 1.82) is 0 Å². The molecule has 5 nitrogen and oxygen atoms in total. The Morgan fingerprint density at radius 3 is 3.31 bits per heavy atom. The van der Waals surface area contributed by atoms with Gasteiger partial charge in [0.25, 0.3) is 0 Å². The number of hydrogen-bond acceptors (Lipinski definition) is 4.